The first-order chi connectivity index (χ1) is 13.1. The second-order valence-electron chi connectivity index (χ2n) is 6.52. The van der Waals surface area contributed by atoms with Crippen LogP contribution in [0, 0.1) is 0 Å². The molecule has 0 bridgehead atoms. The van der Waals surface area contributed by atoms with E-state index in [9.17, 15) is 4.79 Å². The lowest BCUT2D eigenvalue weighted by atomic mass is 10.0. The maximum Gasteiger partial charge on any atom is 0.230 e. The Morgan fingerprint density at radius 3 is 2.96 bits per heavy atom. The van der Waals surface area contributed by atoms with Gasteiger partial charge in [0.25, 0.3) is 0 Å². The fourth-order valence-corrected chi connectivity index (χ4v) is 3.39. The fraction of sp³-hybridized carbons (Fsp3) is 0.263. The van der Waals surface area contributed by atoms with Gasteiger partial charge < -0.3 is 14.7 Å². The number of nitrogens with zero attached hydrogens (tertiary/aromatic N) is 3. The predicted molar refractivity (Wildman–Crippen MR) is 105 cm³/mol. The molecule has 7 nitrogen and oxygen atoms in total. The van der Waals surface area contributed by atoms with E-state index in [1.165, 1.54) is 17.3 Å². The van der Waals surface area contributed by atoms with Crippen molar-refractivity contribution in [3.05, 3.63) is 47.9 Å². The van der Waals surface area contributed by atoms with Crippen LogP contribution in [0.4, 0.5) is 0 Å². The van der Waals surface area contributed by atoms with Gasteiger partial charge in [0.05, 0.1) is 18.6 Å². The SMILES string of the molecule is CC(C)c1ccc2[nH]c3nc(SCC(=O)NCc4ccco4)nnc3c2c1. The number of carbonyl (C=O) groups excluding carboxylic acids is 1. The van der Waals surface area contributed by atoms with Crippen molar-refractivity contribution in [2.75, 3.05) is 5.75 Å². The molecule has 0 spiro atoms. The number of benzene rings is 1. The zero-order valence-electron chi connectivity index (χ0n) is 15.0. The summed E-state index contributed by atoms with van der Waals surface area (Å²) in [6.07, 6.45) is 1.58. The Morgan fingerprint density at radius 2 is 2.19 bits per heavy atom. The van der Waals surface area contributed by atoms with E-state index >= 15 is 0 Å². The molecule has 0 saturated carbocycles. The van der Waals surface area contributed by atoms with Crippen LogP contribution in [0.5, 0.6) is 0 Å². The molecule has 0 aliphatic rings. The van der Waals surface area contributed by atoms with Gasteiger partial charge in [0.15, 0.2) is 5.65 Å². The normalized spacial score (nSPS) is 11.5. The molecule has 0 fully saturated rings. The van der Waals surface area contributed by atoms with Crippen molar-refractivity contribution in [1.82, 2.24) is 25.5 Å². The van der Waals surface area contributed by atoms with Crippen LogP contribution < -0.4 is 5.32 Å². The van der Waals surface area contributed by atoms with Crippen molar-refractivity contribution >= 4 is 39.7 Å². The Hall–Kier alpha value is -2.87. The number of furan rings is 1. The van der Waals surface area contributed by atoms with Crippen molar-refractivity contribution in [2.45, 2.75) is 31.5 Å². The molecule has 138 valence electrons. The molecule has 0 atom stereocenters. The average Bonchev–Trinajstić information content (AvgIpc) is 3.31. The molecule has 1 aromatic carbocycles. The molecule has 0 saturated heterocycles. The maximum absolute atomic E-state index is 12.0. The highest BCUT2D eigenvalue weighted by Crippen LogP contribution is 2.27. The number of hydrogen-bond acceptors (Lipinski definition) is 6. The topological polar surface area (TPSA) is 96.7 Å². The summed E-state index contributed by atoms with van der Waals surface area (Å²) in [4.78, 5) is 19.7. The van der Waals surface area contributed by atoms with Gasteiger partial charge in [-0.05, 0) is 35.7 Å². The molecule has 8 heteroatoms. The molecular weight excluding hydrogens is 362 g/mol. The minimum absolute atomic E-state index is 0.113. The third kappa shape index (κ3) is 3.80. The predicted octanol–water partition coefficient (Wildman–Crippen LogP) is 3.63. The lowest BCUT2D eigenvalue weighted by molar-refractivity contribution is -0.118. The van der Waals surface area contributed by atoms with Gasteiger partial charge in [0.2, 0.25) is 11.1 Å². The lowest BCUT2D eigenvalue weighted by Gasteiger charge is -2.04. The van der Waals surface area contributed by atoms with E-state index < -0.39 is 0 Å². The van der Waals surface area contributed by atoms with Crippen molar-refractivity contribution in [3.63, 3.8) is 0 Å². The summed E-state index contributed by atoms with van der Waals surface area (Å²) in [5.41, 5.74) is 3.66. The molecule has 2 N–H and O–H groups in total. The third-order valence-corrected chi connectivity index (χ3v) is 5.10. The summed E-state index contributed by atoms with van der Waals surface area (Å²) >= 11 is 1.25. The van der Waals surface area contributed by atoms with Gasteiger partial charge in [0, 0.05) is 10.9 Å². The van der Waals surface area contributed by atoms with Crippen LogP contribution in [0.25, 0.3) is 22.1 Å². The standard InChI is InChI=1S/C19H19N5O2S/c1-11(2)12-5-6-15-14(8-12)17-18(21-15)22-19(24-23-17)27-10-16(25)20-9-13-4-3-7-26-13/h3-8,11H,9-10H2,1-2H3,(H,20,25)(H,21,22,24). The molecule has 27 heavy (non-hydrogen) atoms. The van der Waals surface area contributed by atoms with Crippen LogP contribution in [0.2, 0.25) is 0 Å². The van der Waals surface area contributed by atoms with Crippen molar-refractivity contribution in [3.8, 4) is 0 Å². The number of amides is 1. The van der Waals surface area contributed by atoms with Gasteiger partial charge >= 0.3 is 0 Å². The maximum atomic E-state index is 12.0. The number of thioether (sulfide) groups is 1. The van der Waals surface area contributed by atoms with Crippen LogP contribution in [-0.4, -0.2) is 31.8 Å². The molecule has 4 aromatic rings. The van der Waals surface area contributed by atoms with E-state index in [0.29, 0.717) is 29.0 Å². The first kappa shape index (κ1) is 17.5. The van der Waals surface area contributed by atoms with Crippen molar-refractivity contribution in [1.29, 1.82) is 0 Å². The quantitative estimate of drug-likeness (QED) is 0.495. The molecule has 0 radical (unpaired) electrons. The third-order valence-electron chi connectivity index (χ3n) is 4.26. The number of rotatable bonds is 6. The first-order valence-corrected chi connectivity index (χ1v) is 9.66. The van der Waals surface area contributed by atoms with Gasteiger partial charge in [-0.3, -0.25) is 4.79 Å². The molecule has 3 heterocycles. The summed E-state index contributed by atoms with van der Waals surface area (Å²) in [6.45, 7) is 4.68. The summed E-state index contributed by atoms with van der Waals surface area (Å²) in [5, 5.41) is 12.8. The van der Waals surface area contributed by atoms with Crippen LogP contribution >= 0.6 is 11.8 Å². The van der Waals surface area contributed by atoms with Gasteiger partial charge in [-0.15, -0.1) is 10.2 Å². The highest BCUT2D eigenvalue weighted by atomic mass is 32.2. The Bertz CT molecular complexity index is 1090. The molecule has 4 rings (SSSR count). The minimum atomic E-state index is -0.113. The van der Waals surface area contributed by atoms with E-state index in [4.69, 9.17) is 4.42 Å². The highest BCUT2D eigenvalue weighted by molar-refractivity contribution is 7.99. The van der Waals surface area contributed by atoms with Gasteiger partial charge in [-0.2, -0.15) is 0 Å². The Balaban J connectivity index is 1.46. The van der Waals surface area contributed by atoms with E-state index in [1.54, 1.807) is 12.3 Å². The van der Waals surface area contributed by atoms with Gasteiger partial charge in [0.1, 0.15) is 11.3 Å². The number of fused-ring (bicyclic) bond motifs is 3. The van der Waals surface area contributed by atoms with Crippen molar-refractivity contribution in [2.24, 2.45) is 0 Å². The van der Waals surface area contributed by atoms with Crippen molar-refractivity contribution < 1.29 is 9.21 Å². The number of carbonyl (C=O) groups is 1. The first-order valence-electron chi connectivity index (χ1n) is 8.68. The minimum Gasteiger partial charge on any atom is -0.467 e. The molecular formula is C19H19N5O2S. The molecule has 0 aliphatic carbocycles. The lowest BCUT2D eigenvalue weighted by Crippen LogP contribution is -2.24. The molecule has 0 aliphatic heterocycles. The Kier molecular flexibility index (Phi) is 4.81. The van der Waals surface area contributed by atoms with Crippen LogP contribution in [0.15, 0.2) is 46.2 Å². The summed E-state index contributed by atoms with van der Waals surface area (Å²) in [5.74, 6) is 1.26. The van der Waals surface area contributed by atoms with Gasteiger partial charge in [-0.1, -0.05) is 31.7 Å². The number of nitrogens with one attached hydrogen (secondary N) is 2. The Labute approximate surface area is 160 Å². The average molecular weight is 381 g/mol. The fourth-order valence-electron chi connectivity index (χ4n) is 2.77. The number of aromatic nitrogens is 4. The van der Waals surface area contributed by atoms with Gasteiger partial charge in [-0.25, -0.2) is 4.98 Å². The van der Waals surface area contributed by atoms with Crippen LogP contribution in [-0.2, 0) is 11.3 Å². The molecule has 1 amide bonds. The zero-order valence-corrected chi connectivity index (χ0v) is 15.8. The molecule has 3 aromatic heterocycles. The van der Waals surface area contributed by atoms with E-state index in [-0.39, 0.29) is 11.7 Å². The Morgan fingerprint density at radius 1 is 1.30 bits per heavy atom. The second kappa shape index (κ2) is 7.40. The largest absolute Gasteiger partial charge is 0.467 e. The monoisotopic (exact) mass is 381 g/mol. The van der Waals surface area contributed by atoms with E-state index in [2.05, 4.69) is 51.5 Å². The molecule has 0 unspecified atom stereocenters. The van der Waals surface area contributed by atoms with E-state index in [0.717, 1.165) is 16.4 Å². The second-order valence-corrected chi connectivity index (χ2v) is 7.46. The summed E-state index contributed by atoms with van der Waals surface area (Å²) < 4.78 is 5.19. The highest BCUT2D eigenvalue weighted by Gasteiger charge is 2.12. The van der Waals surface area contributed by atoms with Crippen LogP contribution in [0.1, 0.15) is 31.1 Å². The smallest absolute Gasteiger partial charge is 0.230 e. The summed E-state index contributed by atoms with van der Waals surface area (Å²) in [7, 11) is 0. The number of aromatic amines is 1. The van der Waals surface area contributed by atoms with E-state index in [1.807, 2.05) is 12.1 Å². The number of H-pyrrole nitrogens is 1. The summed E-state index contributed by atoms with van der Waals surface area (Å²) in [6, 6.07) is 9.88. The zero-order chi connectivity index (χ0) is 18.8. The van der Waals surface area contributed by atoms with Crippen LogP contribution in [0.3, 0.4) is 0 Å². The number of hydrogen-bond donors (Lipinski definition) is 2.